The molecule has 0 bridgehead atoms. The van der Waals surface area contributed by atoms with Gasteiger partial charge in [0.1, 0.15) is 6.61 Å². The number of hydrogen-bond donors (Lipinski definition) is 3. The molecule has 0 saturated heterocycles. The largest absolute Gasteiger partial charge is 0.388 e. The first-order valence-corrected chi connectivity index (χ1v) is 4.97. The van der Waals surface area contributed by atoms with Gasteiger partial charge in [-0.15, -0.1) is 10.2 Å². The molecule has 16 heavy (non-hydrogen) atoms. The molecule has 3 aromatic rings. The smallest absolute Gasteiger partial charge is 0.177 e. The highest BCUT2D eigenvalue weighted by Crippen LogP contribution is 2.20. The molecule has 0 atom stereocenters. The highest BCUT2D eigenvalue weighted by molar-refractivity contribution is 5.84. The van der Waals surface area contributed by atoms with Crippen LogP contribution in [0.5, 0.6) is 0 Å². The van der Waals surface area contributed by atoms with Crippen LogP contribution < -0.4 is 0 Å². The Hall–Kier alpha value is -2.14. The number of para-hydroxylation sites is 1. The number of benzene rings is 1. The topological polar surface area (TPSA) is 77.6 Å². The average Bonchev–Trinajstić information content (AvgIpc) is 2.95. The van der Waals surface area contributed by atoms with Crippen LogP contribution in [0.4, 0.5) is 0 Å². The van der Waals surface area contributed by atoms with E-state index in [0.29, 0.717) is 11.6 Å². The lowest BCUT2D eigenvalue weighted by Crippen LogP contribution is -1.84. The van der Waals surface area contributed by atoms with Crippen LogP contribution in [0.25, 0.3) is 22.4 Å². The average molecular weight is 214 g/mol. The molecule has 0 amide bonds. The second kappa shape index (κ2) is 3.46. The molecule has 3 rings (SSSR count). The lowest BCUT2D eigenvalue weighted by atomic mass is 10.2. The maximum atomic E-state index is 8.89. The summed E-state index contributed by atoms with van der Waals surface area (Å²) < 4.78 is 0. The fourth-order valence-corrected chi connectivity index (χ4v) is 1.69. The van der Waals surface area contributed by atoms with Crippen molar-refractivity contribution in [3.05, 3.63) is 36.2 Å². The van der Waals surface area contributed by atoms with Crippen LogP contribution in [0.3, 0.4) is 0 Å². The van der Waals surface area contributed by atoms with Gasteiger partial charge in [-0.1, -0.05) is 18.2 Å². The van der Waals surface area contributed by atoms with E-state index in [1.54, 1.807) is 0 Å². The van der Waals surface area contributed by atoms with Gasteiger partial charge >= 0.3 is 0 Å². The van der Waals surface area contributed by atoms with Gasteiger partial charge in [-0.2, -0.15) is 0 Å². The first kappa shape index (κ1) is 9.11. The third kappa shape index (κ3) is 1.38. The Bertz CT molecular complexity index is 592. The standard InChI is InChI=1S/C11H10N4O/c16-6-10-13-11(15-14-10)9-5-7-3-1-2-4-8(7)12-9/h1-5,12,16H,6H2,(H,13,14,15). The van der Waals surface area contributed by atoms with Gasteiger partial charge in [0.25, 0.3) is 0 Å². The van der Waals surface area contributed by atoms with E-state index in [0.717, 1.165) is 16.6 Å². The predicted octanol–water partition coefficient (Wildman–Crippen LogP) is 1.45. The molecule has 0 unspecified atom stereocenters. The first-order chi connectivity index (χ1) is 7.86. The zero-order valence-corrected chi connectivity index (χ0v) is 8.44. The minimum atomic E-state index is -0.132. The summed E-state index contributed by atoms with van der Waals surface area (Å²) in [7, 11) is 0. The van der Waals surface area contributed by atoms with Crippen molar-refractivity contribution in [2.45, 2.75) is 6.61 Å². The van der Waals surface area contributed by atoms with E-state index in [4.69, 9.17) is 5.11 Å². The van der Waals surface area contributed by atoms with Gasteiger partial charge in [-0.05, 0) is 12.1 Å². The molecule has 2 aromatic heterocycles. The normalized spacial score (nSPS) is 11.1. The highest BCUT2D eigenvalue weighted by atomic mass is 16.3. The Morgan fingerprint density at radius 2 is 2.00 bits per heavy atom. The van der Waals surface area contributed by atoms with Crippen molar-refractivity contribution in [2.75, 3.05) is 0 Å². The maximum Gasteiger partial charge on any atom is 0.177 e. The van der Waals surface area contributed by atoms with Gasteiger partial charge in [0.05, 0.1) is 5.69 Å². The van der Waals surface area contributed by atoms with Crippen LogP contribution >= 0.6 is 0 Å². The summed E-state index contributed by atoms with van der Waals surface area (Å²) in [5.74, 6) is 1.11. The summed E-state index contributed by atoms with van der Waals surface area (Å²) in [6.07, 6.45) is 0. The fourth-order valence-electron chi connectivity index (χ4n) is 1.69. The molecule has 0 aliphatic carbocycles. The van der Waals surface area contributed by atoms with Gasteiger partial charge in [-0.3, -0.25) is 0 Å². The molecule has 0 fully saturated rings. The number of hydrogen-bond acceptors (Lipinski definition) is 3. The van der Waals surface area contributed by atoms with E-state index in [1.165, 1.54) is 0 Å². The number of aromatic amines is 2. The number of aliphatic hydroxyl groups excluding tert-OH is 1. The van der Waals surface area contributed by atoms with Crippen molar-refractivity contribution in [3.8, 4) is 11.5 Å². The predicted molar refractivity (Wildman–Crippen MR) is 59.6 cm³/mol. The minimum absolute atomic E-state index is 0.132. The number of aromatic nitrogens is 4. The van der Waals surface area contributed by atoms with E-state index in [1.807, 2.05) is 30.3 Å². The van der Waals surface area contributed by atoms with Gasteiger partial charge in [0, 0.05) is 10.9 Å². The molecule has 3 N–H and O–H groups in total. The van der Waals surface area contributed by atoms with Crippen LogP contribution in [-0.2, 0) is 6.61 Å². The summed E-state index contributed by atoms with van der Waals surface area (Å²) in [4.78, 5) is 6.17. The molecule has 5 nitrogen and oxygen atoms in total. The van der Waals surface area contributed by atoms with E-state index in [9.17, 15) is 0 Å². The Balaban J connectivity index is 2.11. The molecule has 1 aromatic carbocycles. The van der Waals surface area contributed by atoms with Crippen LogP contribution in [0, 0.1) is 0 Å². The zero-order chi connectivity index (χ0) is 11.0. The number of rotatable bonds is 2. The number of nitrogens with one attached hydrogen (secondary N) is 2. The second-order valence-electron chi connectivity index (χ2n) is 3.55. The third-order valence-corrected chi connectivity index (χ3v) is 2.47. The lowest BCUT2D eigenvalue weighted by molar-refractivity contribution is 0.272. The molecule has 80 valence electrons. The molecular weight excluding hydrogens is 204 g/mol. The maximum absolute atomic E-state index is 8.89. The molecule has 0 saturated carbocycles. The van der Waals surface area contributed by atoms with Crippen molar-refractivity contribution < 1.29 is 5.11 Å². The lowest BCUT2D eigenvalue weighted by Gasteiger charge is -1.88. The molecule has 0 spiro atoms. The Morgan fingerprint density at radius 3 is 2.75 bits per heavy atom. The van der Waals surface area contributed by atoms with Gasteiger partial charge < -0.3 is 15.1 Å². The Labute approximate surface area is 91.2 Å². The summed E-state index contributed by atoms with van der Waals surface area (Å²) in [6.45, 7) is -0.132. The second-order valence-corrected chi connectivity index (χ2v) is 3.55. The fraction of sp³-hybridized carbons (Fsp3) is 0.0909. The van der Waals surface area contributed by atoms with E-state index in [2.05, 4.69) is 20.2 Å². The van der Waals surface area contributed by atoms with Crippen molar-refractivity contribution >= 4 is 10.9 Å². The molecule has 0 aliphatic rings. The SMILES string of the molecule is OCc1nnc(-c2cc3ccccc3[nH]2)[nH]1. The number of fused-ring (bicyclic) bond motifs is 1. The molecule has 5 heteroatoms. The molecule has 0 aliphatic heterocycles. The summed E-state index contributed by atoms with van der Waals surface area (Å²) in [5, 5.41) is 17.8. The molecule has 2 heterocycles. The van der Waals surface area contributed by atoms with Gasteiger partial charge in [-0.25, -0.2) is 0 Å². The summed E-state index contributed by atoms with van der Waals surface area (Å²) in [6, 6.07) is 9.99. The number of nitrogens with zero attached hydrogens (tertiary/aromatic N) is 2. The minimum Gasteiger partial charge on any atom is -0.388 e. The van der Waals surface area contributed by atoms with Crippen LogP contribution in [0.1, 0.15) is 5.82 Å². The van der Waals surface area contributed by atoms with Crippen LogP contribution in [0.2, 0.25) is 0 Å². The zero-order valence-electron chi connectivity index (χ0n) is 8.44. The Morgan fingerprint density at radius 1 is 1.12 bits per heavy atom. The van der Waals surface area contributed by atoms with E-state index < -0.39 is 0 Å². The number of aliphatic hydroxyl groups is 1. The van der Waals surface area contributed by atoms with Crippen LogP contribution in [0.15, 0.2) is 30.3 Å². The van der Waals surface area contributed by atoms with Gasteiger partial charge in [0.2, 0.25) is 0 Å². The van der Waals surface area contributed by atoms with Crippen molar-refractivity contribution in [1.82, 2.24) is 20.2 Å². The van der Waals surface area contributed by atoms with Gasteiger partial charge in [0.15, 0.2) is 11.6 Å². The molecule has 0 radical (unpaired) electrons. The number of H-pyrrole nitrogens is 2. The first-order valence-electron chi connectivity index (χ1n) is 4.97. The monoisotopic (exact) mass is 214 g/mol. The van der Waals surface area contributed by atoms with Crippen molar-refractivity contribution in [3.63, 3.8) is 0 Å². The molecular formula is C11H10N4O. The quantitative estimate of drug-likeness (QED) is 0.604. The highest BCUT2D eigenvalue weighted by Gasteiger charge is 2.07. The van der Waals surface area contributed by atoms with Crippen molar-refractivity contribution in [2.24, 2.45) is 0 Å². The summed E-state index contributed by atoms with van der Waals surface area (Å²) in [5.41, 5.74) is 1.92. The third-order valence-electron chi connectivity index (χ3n) is 2.47. The van der Waals surface area contributed by atoms with Crippen molar-refractivity contribution in [1.29, 1.82) is 0 Å². The summed E-state index contributed by atoms with van der Waals surface area (Å²) >= 11 is 0. The Kier molecular flexibility index (Phi) is 1.97. The van der Waals surface area contributed by atoms with E-state index in [-0.39, 0.29) is 6.61 Å². The van der Waals surface area contributed by atoms with E-state index >= 15 is 0 Å². The van der Waals surface area contributed by atoms with Crippen LogP contribution in [-0.4, -0.2) is 25.3 Å².